The van der Waals surface area contributed by atoms with E-state index in [2.05, 4.69) is 9.97 Å². The summed E-state index contributed by atoms with van der Waals surface area (Å²) < 4.78 is 4.75. The molecule has 0 bridgehead atoms. The molecule has 0 saturated carbocycles. The molecule has 1 aromatic carbocycles. The molecule has 0 saturated heterocycles. The Morgan fingerprint density at radius 2 is 2.15 bits per heavy atom. The number of benzene rings is 1. The highest BCUT2D eigenvalue weighted by Gasteiger charge is 2.11. The monoisotopic (exact) mass is 290 g/mol. The van der Waals surface area contributed by atoms with Gasteiger partial charge < -0.3 is 9.72 Å². The summed E-state index contributed by atoms with van der Waals surface area (Å²) in [6, 6.07) is 8.65. The van der Waals surface area contributed by atoms with Gasteiger partial charge in [0.2, 0.25) is 0 Å². The van der Waals surface area contributed by atoms with Crippen molar-refractivity contribution in [1.29, 1.82) is 0 Å². The zero-order valence-electron chi connectivity index (χ0n) is 11.2. The van der Waals surface area contributed by atoms with Gasteiger partial charge in [0.15, 0.2) is 5.16 Å². The van der Waals surface area contributed by atoms with Crippen LogP contribution in [0.25, 0.3) is 0 Å². The lowest BCUT2D eigenvalue weighted by Crippen LogP contribution is -2.08. The van der Waals surface area contributed by atoms with Crippen molar-refractivity contribution in [2.24, 2.45) is 0 Å². The number of carbonyl (C=O) groups excluding carboxylic acids is 1. The normalized spacial score (nSPS) is 10.3. The fourth-order valence-corrected chi connectivity index (χ4v) is 2.65. The SMILES string of the molecule is COC(=O)c1ccccc1CSc1nc(C)cc(=O)[nH]1. The summed E-state index contributed by atoms with van der Waals surface area (Å²) in [5.41, 5.74) is 1.85. The first kappa shape index (κ1) is 14.3. The molecular weight excluding hydrogens is 276 g/mol. The van der Waals surface area contributed by atoms with E-state index in [0.29, 0.717) is 22.2 Å². The number of nitrogens with zero attached hydrogens (tertiary/aromatic N) is 1. The van der Waals surface area contributed by atoms with E-state index in [1.165, 1.54) is 24.9 Å². The summed E-state index contributed by atoms with van der Waals surface area (Å²) in [4.78, 5) is 29.9. The Hall–Kier alpha value is -2.08. The average Bonchev–Trinajstić information content (AvgIpc) is 2.43. The van der Waals surface area contributed by atoms with Crippen LogP contribution >= 0.6 is 11.8 Å². The Kier molecular flexibility index (Phi) is 4.57. The number of aromatic amines is 1. The third-order valence-electron chi connectivity index (χ3n) is 2.64. The third kappa shape index (κ3) is 3.48. The molecule has 0 aliphatic rings. The van der Waals surface area contributed by atoms with Crippen LogP contribution < -0.4 is 5.56 Å². The lowest BCUT2D eigenvalue weighted by Gasteiger charge is -2.07. The molecule has 2 aromatic rings. The number of aromatic nitrogens is 2. The summed E-state index contributed by atoms with van der Waals surface area (Å²) in [7, 11) is 1.35. The number of methoxy groups -OCH3 is 1. The zero-order chi connectivity index (χ0) is 14.5. The van der Waals surface area contributed by atoms with E-state index in [-0.39, 0.29) is 11.5 Å². The van der Waals surface area contributed by atoms with E-state index in [9.17, 15) is 9.59 Å². The molecule has 104 valence electrons. The molecule has 2 rings (SSSR count). The number of hydrogen-bond acceptors (Lipinski definition) is 5. The number of H-pyrrole nitrogens is 1. The molecule has 1 heterocycles. The fourth-order valence-electron chi connectivity index (χ4n) is 1.72. The van der Waals surface area contributed by atoms with Gasteiger partial charge in [-0.2, -0.15) is 0 Å². The molecule has 0 aliphatic heterocycles. The first-order valence-electron chi connectivity index (χ1n) is 5.97. The Bertz CT molecular complexity index is 682. The number of hydrogen-bond donors (Lipinski definition) is 1. The Morgan fingerprint density at radius 1 is 1.40 bits per heavy atom. The molecule has 1 N–H and O–H groups in total. The minimum atomic E-state index is -0.369. The topological polar surface area (TPSA) is 72.0 Å². The van der Waals surface area contributed by atoms with E-state index >= 15 is 0 Å². The summed E-state index contributed by atoms with van der Waals surface area (Å²) in [5.74, 6) is 0.157. The highest BCUT2D eigenvalue weighted by atomic mass is 32.2. The minimum Gasteiger partial charge on any atom is -0.465 e. The predicted molar refractivity (Wildman–Crippen MR) is 76.9 cm³/mol. The van der Waals surface area contributed by atoms with Gasteiger partial charge in [-0.05, 0) is 18.6 Å². The van der Waals surface area contributed by atoms with Crippen molar-refractivity contribution in [2.75, 3.05) is 7.11 Å². The van der Waals surface area contributed by atoms with Gasteiger partial charge in [0.25, 0.3) is 5.56 Å². The first-order chi connectivity index (χ1) is 9.60. The van der Waals surface area contributed by atoms with Crippen molar-refractivity contribution in [3.05, 3.63) is 57.5 Å². The van der Waals surface area contributed by atoms with Crippen molar-refractivity contribution in [3.63, 3.8) is 0 Å². The second kappa shape index (κ2) is 6.38. The smallest absolute Gasteiger partial charge is 0.338 e. The van der Waals surface area contributed by atoms with Crippen LogP contribution in [0.5, 0.6) is 0 Å². The second-order valence-corrected chi connectivity index (χ2v) is 5.09. The van der Waals surface area contributed by atoms with Gasteiger partial charge in [0.1, 0.15) is 0 Å². The number of rotatable bonds is 4. The molecule has 0 spiro atoms. The van der Waals surface area contributed by atoms with Crippen LogP contribution in [-0.2, 0) is 10.5 Å². The molecule has 0 atom stereocenters. The van der Waals surface area contributed by atoms with E-state index in [0.717, 1.165) is 5.56 Å². The fraction of sp³-hybridized carbons (Fsp3) is 0.214. The Morgan fingerprint density at radius 3 is 2.85 bits per heavy atom. The number of nitrogens with one attached hydrogen (secondary N) is 1. The predicted octanol–water partition coefficient (Wildman–Crippen LogP) is 2.16. The van der Waals surface area contributed by atoms with Gasteiger partial charge in [0, 0.05) is 17.5 Å². The highest BCUT2D eigenvalue weighted by molar-refractivity contribution is 7.98. The highest BCUT2D eigenvalue weighted by Crippen LogP contribution is 2.21. The van der Waals surface area contributed by atoms with E-state index in [1.54, 1.807) is 19.1 Å². The maximum absolute atomic E-state index is 11.6. The molecule has 0 unspecified atom stereocenters. The Balaban J connectivity index is 2.19. The number of thioether (sulfide) groups is 1. The summed E-state index contributed by atoms with van der Waals surface area (Å²) >= 11 is 1.37. The summed E-state index contributed by atoms with van der Waals surface area (Å²) in [5, 5.41) is 0.537. The van der Waals surface area contributed by atoms with Crippen molar-refractivity contribution in [1.82, 2.24) is 9.97 Å². The second-order valence-electron chi connectivity index (χ2n) is 4.13. The molecule has 0 radical (unpaired) electrons. The quantitative estimate of drug-likeness (QED) is 0.531. The van der Waals surface area contributed by atoms with Crippen molar-refractivity contribution in [3.8, 4) is 0 Å². The Labute approximate surface area is 120 Å². The first-order valence-corrected chi connectivity index (χ1v) is 6.95. The van der Waals surface area contributed by atoms with Gasteiger partial charge in [-0.15, -0.1) is 0 Å². The molecule has 5 nitrogen and oxygen atoms in total. The van der Waals surface area contributed by atoms with Crippen LogP contribution in [0.3, 0.4) is 0 Å². The van der Waals surface area contributed by atoms with Gasteiger partial charge in [0.05, 0.1) is 12.7 Å². The van der Waals surface area contributed by atoms with Gasteiger partial charge >= 0.3 is 5.97 Å². The maximum Gasteiger partial charge on any atom is 0.338 e. The van der Waals surface area contributed by atoms with E-state index < -0.39 is 0 Å². The summed E-state index contributed by atoms with van der Waals surface area (Å²) in [6.07, 6.45) is 0. The van der Waals surface area contributed by atoms with Gasteiger partial charge in [-0.3, -0.25) is 4.79 Å². The number of carbonyl (C=O) groups is 1. The molecule has 0 fully saturated rings. The van der Waals surface area contributed by atoms with Crippen molar-refractivity contribution < 1.29 is 9.53 Å². The number of ether oxygens (including phenoxy) is 1. The van der Waals surface area contributed by atoms with Crippen LogP contribution in [0.1, 0.15) is 21.6 Å². The maximum atomic E-state index is 11.6. The molecule has 0 aliphatic carbocycles. The lowest BCUT2D eigenvalue weighted by molar-refractivity contribution is 0.0600. The van der Waals surface area contributed by atoms with Crippen molar-refractivity contribution in [2.45, 2.75) is 17.8 Å². The summed E-state index contributed by atoms with van der Waals surface area (Å²) in [6.45, 7) is 1.77. The number of esters is 1. The molecule has 6 heteroatoms. The molecule has 20 heavy (non-hydrogen) atoms. The lowest BCUT2D eigenvalue weighted by atomic mass is 10.1. The molecule has 0 amide bonds. The van der Waals surface area contributed by atoms with Crippen LogP contribution in [0, 0.1) is 6.92 Å². The van der Waals surface area contributed by atoms with E-state index in [1.807, 2.05) is 12.1 Å². The van der Waals surface area contributed by atoms with Crippen LogP contribution in [0.4, 0.5) is 0 Å². The minimum absolute atomic E-state index is 0.179. The van der Waals surface area contributed by atoms with Crippen molar-refractivity contribution >= 4 is 17.7 Å². The van der Waals surface area contributed by atoms with Crippen LogP contribution in [-0.4, -0.2) is 23.0 Å². The zero-order valence-corrected chi connectivity index (χ0v) is 12.0. The van der Waals surface area contributed by atoms with Crippen LogP contribution in [0.15, 0.2) is 40.3 Å². The molecule has 1 aromatic heterocycles. The average molecular weight is 290 g/mol. The number of aryl methyl sites for hydroxylation is 1. The van der Waals surface area contributed by atoms with Gasteiger partial charge in [-0.25, -0.2) is 9.78 Å². The van der Waals surface area contributed by atoms with Crippen LogP contribution in [0.2, 0.25) is 0 Å². The standard InChI is InChI=1S/C14H14N2O3S/c1-9-7-12(17)16-14(15-9)20-8-10-5-3-4-6-11(10)13(18)19-2/h3-7H,8H2,1-2H3,(H,15,16,17). The molecular formula is C14H14N2O3S. The van der Waals surface area contributed by atoms with E-state index in [4.69, 9.17) is 4.74 Å². The van der Waals surface area contributed by atoms with Gasteiger partial charge in [-0.1, -0.05) is 30.0 Å². The largest absolute Gasteiger partial charge is 0.465 e. The third-order valence-corrected chi connectivity index (χ3v) is 3.56.